The first-order chi connectivity index (χ1) is 7.86. The number of hydrogen-bond acceptors (Lipinski definition) is 3. The second-order valence-electron chi connectivity index (χ2n) is 4.14. The van der Waals surface area contributed by atoms with Gasteiger partial charge in [0.2, 0.25) is 0 Å². The van der Waals surface area contributed by atoms with E-state index in [0.717, 1.165) is 39.1 Å². The summed E-state index contributed by atoms with van der Waals surface area (Å²) >= 11 is 1.84. The topological polar surface area (TPSA) is 21.3 Å². The fourth-order valence-corrected chi connectivity index (χ4v) is 2.70. The zero-order valence-electron chi connectivity index (χ0n) is 9.79. The highest BCUT2D eigenvalue weighted by atomic mass is 32.1. The van der Waals surface area contributed by atoms with Crippen molar-refractivity contribution in [3.63, 3.8) is 0 Å². The molecule has 3 heteroatoms. The largest absolute Gasteiger partial charge is 0.377 e. The Morgan fingerprint density at radius 3 is 3.12 bits per heavy atom. The van der Waals surface area contributed by atoms with E-state index >= 15 is 0 Å². The van der Waals surface area contributed by atoms with Crippen LogP contribution in [0.3, 0.4) is 0 Å². The maximum Gasteiger partial charge on any atom is 0.0650 e. The molecule has 0 spiro atoms. The highest BCUT2D eigenvalue weighted by molar-refractivity contribution is 7.10. The minimum atomic E-state index is 0.805. The minimum Gasteiger partial charge on any atom is -0.377 e. The predicted molar refractivity (Wildman–Crippen MR) is 68.9 cm³/mol. The number of ether oxygens (including phenoxy) is 1. The number of hydrogen-bond donors (Lipinski definition) is 1. The van der Waals surface area contributed by atoms with Gasteiger partial charge >= 0.3 is 0 Å². The highest BCUT2D eigenvalue weighted by Gasteiger charge is 2.03. The van der Waals surface area contributed by atoms with Gasteiger partial charge in [0.15, 0.2) is 0 Å². The molecule has 2 rings (SSSR count). The number of thiophene rings is 1. The fourth-order valence-electron chi connectivity index (χ4n) is 1.83. The predicted octanol–water partition coefficient (Wildman–Crippen LogP) is 2.88. The van der Waals surface area contributed by atoms with Crippen LogP contribution < -0.4 is 5.32 Å². The summed E-state index contributed by atoms with van der Waals surface area (Å²) in [5, 5.41) is 5.66. The van der Waals surface area contributed by atoms with Crippen LogP contribution in [0.15, 0.2) is 23.1 Å². The Hall–Kier alpha value is -0.640. The molecule has 1 N–H and O–H groups in total. The first-order valence-electron chi connectivity index (χ1n) is 5.85. The molecule has 2 nitrogen and oxygen atoms in total. The highest BCUT2D eigenvalue weighted by Crippen LogP contribution is 2.15. The number of nitrogens with one attached hydrogen (secondary N) is 1. The van der Waals surface area contributed by atoms with E-state index in [-0.39, 0.29) is 0 Å². The third-order valence-corrected chi connectivity index (χ3v) is 3.96. The van der Waals surface area contributed by atoms with Crippen molar-refractivity contribution in [2.75, 3.05) is 19.8 Å². The van der Waals surface area contributed by atoms with Gasteiger partial charge in [-0.2, -0.15) is 0 Å². The molecule has 0 aromatic carbocycles. The molecule has 16 heavy (non-hydrogen) atoms. The minimum absolute atomic E-state index is 0.805. The quantitative estimate of drug-likeness (QED) is 0.628. The van der Waals surface area contributed by atoms with Gasteiger partial charge in [-0.15, -0.1) is 11.3 Å². The summed E-state index contributed by atoms with van der Waals surface area (Å²) in [5.41, 5.74) is 2.95. The first kappa shape index (κ1) is 11.8. The van der Waals surface area contributed by atoms with E-state index in [4.69, 9.17) is 4.74 Å². The van der Waals surface area contributed by atoms with E-state index in [1.807, 2.05) is 11.3 Å². The molecular formula is C13H19NOS. The van der Waals surface area contributed by atoms with Crippen LogP contribution in [-0.4, -0.2) is 19.8 Å². The summed E-state index contributed by atoms with van der Waals surface area (Å²) in [7, 11) is 0. The van der Waals surface area contributed by atoms with Gasteiger partial charge in [-0.3, -0.25) is 0 Å². The molecule has 1 aromatic rings. The summed E-state index contributed by atoms with van der Waals surface area (Å²) < 4.78 is 5.29. The summed E-state index contributed by atoms with van der Waals surface area (Å²) in [6.07, 6.45) is 4.50. The van der Waals surface area contributed by atoms with Crippen molar-refractivity contribution in [2.45, 2.75) is 26.3 Å². The van der Waals surface area contributed by atoms with Crippen molar-refractivity contribution >= 4 is 11.3 Å². The molecule has 0 atom stereocenters. The van der Waals surface area contributed by atoms with Crippen molar-refractivity contribution in [3.05, 3.63) is 33.5 Å². The monoisotopic (exact) mass is 237 g/mol. The second-order valence-corrected chi connectivity index (χ2v) is 5.14. The Bertz CT molecular complexity index is 357. The third kappa shape index (κ3) is 3.44. The van der Waals surface area contributed by atoms with E-state index < -0.39 is 0 Å². The molecule has 2 heterocycles. The molecule has 1 aliphatic rings. The molecule has 1 aliphatic heterocycles. The summed E-state index contributed by atoms with van der Waals surface area (Å²) in [6, 6.07) is 2.18. The van der Waals surface area contributed by atoms with Gasteiger partial charge in [0.1, 0.15) is 0 Å². The summed E-state index contributed by atoms with van der Waals surface area (Å²) in [6.45, 7) is 5.96. The summed E-state index contributed by atoms with van der Waals surface area (Å²) in [4.78, 5) is 1.46. The molecule has 1 aromatic heterocycles. The van der Waals surface area contributed by atoms with Gasteiger partial charge in [0.25, 0.3) is 0 Å². The van der Waals surface area contributed by atoms with Gasteiger partial charge in [0.05, 0.1) is 13.2 Å². The van der Waals surface area contributed by atoms with Crippen LogP contribution >= 0.6 is 11.3 Å². The third-order valence-electron chi connectivity index (χ3n) is 2.93. The van der Waals surface area contributed by atoms with Crippen LogP contribution in [0, 0.1) is 6.92 Å². The van der Waals surface area contributed by atoms with Crippen molar-refractivity contribution in [1.29, 1.82) is 0 Å². The lowest BCUT2D eigenvalue weighted by atomic mass is 10.1. The Kier molecular flexibility index (Phi) is 4.57. The average Bonchev–Trinajstić information content (AvgIpc) is 2.72. The van der Waals surface area contributed by atoms with Crippen molar-refractivity contribution in [1.82, 2.24) is 5.32 Å². The molecule has 0 fully saturated rings. The second kappa shape index (κ2) is 6.18. The lowest BCUT2D eigenvalue weighted by Gasteiger charge is -2.13. The first-order valence-corrected chi connectivity index (χ1v) is 6.73. The number of aryl methyl sites for hydroxylation is 1. The molecule has 0 saturated heterocycles. The van der Waals surface area contributed by atoms with Gasteiger partial charge < -0.3 is 10.1 Å². The Morgan fingerprint density at radius 1 is 1.50 bits per heavy atom. The van der Waals surface area contributed by atoms with Gasteiger partial charge in [-0.1, -0.05) is 11.6 Å². The standard InChI is InChI=1S/C13H19NOS/c1-11-5-9-16-13(11)10-14-6-2-12-3-7-15-8-4-12/h3,5,9,14H,2,4,6-8,10H2,1H3. The molecule has 0 radical (unpaired) electrons. The number of rotatable bonds is 5. The maximum absolute atomic E-state index is 5.29. The van der Waals surface area contributed by atoms with Gasteiger partial charge in [-0.05, 0) is 43.3 Å². The average molecular weight is 237 g/mol. The van der Waals surface area contributed by atoms with Crippen LogP contribution in [0.1, 0.15) is 23.3 Å². The van der Waals surface area contributed by atoms with Gasteiger partial charge in [-0.25, -0.2) is 0 Å². The zero-order valence-corrected chi connectivity index (χ0v) is 10.6. The zero-order chi connectivity index (χ0) is 11.2. The SMILES string of the molecule is Cc1ccsc1CNCCC1=CCOCC1. The Labute approximate surface area is 101 Å². The summed E-state index contributed by atoms with van der Waals surface area (Å²) in [5.74, 6) is 0. The van der Waals surface area contributed by atoms with Crippen LogP contribution in [0.4, 0.5) is 0 Å². The molecule has 0 bridgehead atoms. The fraction of sp³-hybridized carbons (Fsp3) is 0.538. The van der Waals surface area contributed by atoms with E-state index in [0.29, 0.717) is 0 Å². The lowest BCUT2D eigenvalue weighted by Crippen LogP contribution is -2.16. The van der Waals surface area contributed by atoms with Crippen molar-refractivity contribution < 1.29 is 4.74 Å². The lowest BCUT2D eigenvalue weighted by molar-refractivity contribution is 0.153. The van der Waals surface area contributed by atoms with Crippen molar-refractivity contribution in [3.8, 4) is 0 Å². The van der Waals surface area contributed by atoms with Crippen molar-refractivity contribution in [2.24, 2.45) is 0 Å². The van der Waals surface area contributed by atoms with Gasteiger partial charge in [0, 0.05) is 11.4 Å². The van der Waals surface area contributed by atoms with Crippen LogP contribution in [0.25, 0.3) is 0 Å². The molecule has 0 saturated carbocycles. The Balaban J connectivity index is 1.65. The van der Waals surface area contributed by atoms with E-state index in [2.05, 4.69) is 29.8 Å². The van der Waals surface area contributed by atoms with Crippen LogP contribution in [-0.2, 0) is 11.3 Å². The Morgan fingerprint density at radius 2 is 2.44 bits per heavy atom. The van der Waals surface area contributed by atoms with E-state index in [1.54, 1.807) is 5.57 Å². The van der Waals surface area contributed by atoms with E-state index in [9.17, 15) is 0 Å². The molecular weight excluding hydrogens is 218 g/mol. The molecule has 0 amide bonds. The van der Waals surface area contributed by atoms with E-state index in [1.165, 1.54) is 10.4 Å². The molecule has 88 valence electrons. The normalized spacial score (nSPS) is 16.2. The van der Waals surface area contributed by atoms with Crippen LogP contribution in [0.2, 0.25) is 0 Å². The molecule has 0 aliphatic carbocycles. The molecule has 0 unspecified atom stereocenters. The maximum atomic E-state index is 5.29. The van der Waals surface area contributed by atoms with Crippen LogP contribution in [0.5, 0.6) is 0 Å². The smallest absolute Gasteiger partial charge is 0.0650 e.